The molecule has 1 spiro atoms. The summed E-state index contributed by atoms with van der Waals surface area (Å²) in [4.78, 5) is 6.32. The molecule has 5 rings (SSSR count). The third kappa shape index (κ3) is 2.89. The van der Waals surface area contributed by atoms with Gasteiger partial charge in [0.15, 0.2) is 0 Å². The van der Waals surface area contributed by atoms with Crippen molar-refractivity contribution < 1.29 is 13.2 Å². The van der Waals surface area contributed by atoms with Crippen molar-refractivity contribution in [3.8, 4) is 0 Å². The highest BCUT2D eigenvalue weighted by Gasteiger charge is 2.64. The molecule has 0 saturated carbocycles. The molecule has 2 bridgehead atoms. The molecule has 5 heterocycles. The van der Waals surface area contributed by atoms with E-state index in [0.717, 1.165) is 24.2 Å². The number of hydrogen-bond donors (Lipinski definition) is 0. The first-order valence-electron chi connectivity index (χ1n) is 9.20. The maximum Gasteiger partial charge on any atom is 0.220 e. The predicted molar refractivity (Wildman–Crippen MR) is 98.1 cm³/mol. The highest BCUT2D eigenvalue weighted by molar-refractivity contribution is 7.90. The number of ether oxygens (including phenoxy) is 1. The van der Waals surface area contributed by atoms with Gasteiger partial charge in [0.2, 0.25) is 10.0 Å². The normalized spacial score (nSPS) is 32.6. The number of hydrogen-bond acceptors (Lipinski definition) is 6. The third-order valence-corrected chi connectivity index (χ3v) is 8.17. The van der Waals surface area contributed by atoms with Gasteiger partial charge in [0, 0.05) is 63.9 Å². The number of likely N-dealkylation sites (tertiary alicyclic amines) is 1. The first-order valence-corrected chi connectivity index (χ1v) is 10.7. The summed E-state index contributed by atoms with van der Waals surface area (Å²) < 4.78 is 36.0. The van der Waals surface area contributed by atoms with E-state index in [4.69, 9.17) is 4.74 Å². The van der Waals surface area contributed by atoms with Gasteiger partial charge in [-0.1, -0.05) is 0 Å². The summed E-state index contributed by atoms with van der Waals surface area (Å²) in [5.41, 5.74) is 1.46. The van der Waals surface area contributed by atoms with E-state index in [1.165, 1.54) is 0 Å². The zero-order chi connectivity index (χ0) is 18.6. The van der Waals surface area contributed by atoms with Crippen LogP contribution in [-0.2, 0) is 34.9 Å². The molecule has 0 aliphatic carbocycles. The zero-order valence-corrected chi connectivity index (χ0v) is 16.0. The second kappa shape index (κ2) is 6.10. The minimum atomic E-state index is -3.37. The molecule has 0 radical (unpaired) electrons. The summed E-state index contributed by atoms with van der Waals surface area (Å²) in [5, 5.41) is 3.78. The van der Waals surface area contributed by atoms with Crippen LogP contribution in [0.2, 0.25) is 0 Å². The molecule has 2 aromatic rings. The van der Waals surface area contributed by atoms with Gasteiger partial charge >= 0.3 is 0 Å². The van der Waals surface area contributed by atoms with Gasteiger partial charge in [-0.15, -0.1) is 0 Å². The summed E-state index contributed by atoms with van der Waals surface area (Å²) in [6.07, 6.45) is 7.83. The molecule has 0 N–H and O–H groups in total. The molecule has 3 aliphatic heterocycles. The second-order valence-electron chi connectivity index (χ2n) is 7.89. The molecule has 3 atom stereocenters. The van der Waals surface area contributed by atoms with Crippen LogP contribution in [0.5, 0.6) is 0 Å². The van der Waals surface area contributed by atoms with Gasteiger partial charge in [0.05, 0.1) is 12.3 Å². The number of nitrogens with zero attached hydrogens (tertiary/aromatic N) is 5. The average Bonchev–Trinajstić information content (AvgIpc) is 3.20. The van der Waals surface area contributed by atoms with Crippen molar-refractivity contribution in [2.24, 2.45) is 7.05 Å². The Kier molecular flexibility index (Phi) is 3.91. The van der Waals surface area contributed by atoms with Crippen LogP contribution < -0.4 is 0 Å². The fraction of sp³-hybridized carbons (Fsp3) is 0.556. The lowest BCUT2D eigenvalue weighted by atomic mass is 9.99. The number of pyridine rings is 1. The predicted octanol–water partition coefficient (Wildman–Crippen LogP) is 0.373. The van der Waals surface area contributed by atoms with Crippen LogP contribution >= 0.6 is 0 Å². The number of morpholine rings is 1. The van der Waals surface area contributed by atoms with Gasteiger partial charge in [0.1, 0.15) is 10.9 Å². The molecular weight excluding hydrogens is 366 g/mol. The average molecular weight is 389 g/mol. The Morgan fingerprint density at radius 1 is 1.22 bits per heavy atom. The molecule has 9 heteroatoms. The van der Waals surface area contributed by atoms with Crippen LogP contribution in [0.1, 0.15) is 17.5 Å². The van der Waals surface area contributed by atoms with E-state index in [9.17, 15) is 8.42 Å². The maximum absolute atomic E-state index is 13.2. The zero-order valence-electron chi connectivity index (χ0n) is 15.2. The van der Waals surface area contributed by atoms with E-state index in [1.807, 2.05) is 31.6 Å². The summed E-state index contributed by atoms with van der Waals surface area (Å²) in [6.45, 7) is 2.97. The molecule has 2 aromatic heterocycles. The monoisotopic (exact) mass is 389 g/mol. The Morgan fingerprint density at radius 2 is 2.04 bits per heavy atom. The van der Waals surface area contributed by atoms with Crippen molar-refractivity contribution in [1.82, 2.24) is 24.0 Å². The van der Waals surface area contributed by atoms with Crippen LogP contribution in [0.15, 0.2) is 36.9 Å². The Balaban J connectivity index is 1.38. The van der Waals surface area contributed by atoms with Gasteiger partial charge < -0.3 is 4.74 Å². The number of aromatic nitrogens is 3. The van der Waals surface area contributed by atoms with Crippen molar-refractivity contribution in [1.29, 1.82) is 0 Å². The minimum Gasteiger partial charge on any atom is -0.366 e. The van der Waals surface area contributed by atoms with Crippen molar-refractivity contribution in [2.45, 2.75) is 36.5 Å². The fourth-order valence-electron chi connectivity index (χ4n) is 4.81. The molecule has 8 nitrogen and oxygen atoms in total. The largest absolute Gasteiger partial charge is 0.366 e. The van der Waals surface area contributed by atoms with Crippen molar-refractivity contribution in [3.05, 3.63) is 48.0 Å². The molecule has 0 amide bonds. The van der Waals surface area contributed by atoms with Crippen molar-refractivity contribution in [2.75, 3.05) is 19.6 Å². The Hall–Kier alpha value is -1.81. The first-order chi connectivity index (χ1) is 12.9. The van der Waals surface area contributed by atoms with E-state index in [0.29, 0.717) is 26.1 Å². The Bertz CT molecular complexity index is 947. The SMILES string of the molecule is Cn1cc(CN2C[C@@H]3C[C@@H]4[C@@](C2)(CN(Cc2ccncc2)S4(=O)=O)O3)cn1. The van der Waals surface area contributed by atoms with E-state index in [2.05, 4.69) is 15.0 Å². The van der Waals surface area contributed by atoms with Gasteiger partial charge in [0.25, 0.3) is 0 Å². The lowest BCUT2D eigenvalue weighted by molar-refractivity contribution is -0.110. The molecule has 0 aromatic carbocycles. The van der Waals surface area contributed by atoms with E-state index in [-0.39, 0.29) is 6.10 Å². The van der Waals surface area contributed by atoms with Gasteiger partial charge in [-0.2, -0.15) is 9.40 Å². The van der Waals surface area contributed by atoms with Crippen molar-refractivity contribution in [3.63, 3.8) is 0 Å². The molecule has 0 unspecified atom stereocenters. The van der Waals surface area contributed by atoms with Crippen LogP contribution in [0.25, 0.3) is 0 Å². The molecule has 27 heavy (non-hydrogen) atoms. The standard InChI is InChI=1S/C18H23N5O3S/c1-21-8-15(7-20-21)9-22-11-16-6-17-18(12-22,26-16)13-23(27(17,24)25)10-14-2-4-19-5-3-14/h2-5,7-8,16-17H,6,9-13H2,1H3/t16-,17+,18+/m0/s1. The maximum atomic E-state index is 13.2. The summed E-state index contributed by atoms with van der Waals surface area (Å²) >= 11 is 0. The topological polar surface area (TPSA) is 80.6 Å². The first kappa shape index (κ1) is 17.3. The lowest BCUT2D eigenvalue weighted by Crippen LogP contribution is -2.54. The van der Waals surface area contributed by atoms with Crippen LogP contribution in [-0.4, -0.2) is 69.0 Å². The molecule has 3 fully saturated rings. The smallest absolute Gasteiger partial charge is 0.220 e. The minimum absolute atomic E-state index is 0.0155. The second-order valence-corrected chi connectivity index (χ2v) is 10.0. The highest BCUT2D eigenvalue weighted by Crippen LogP contribution is 2.47. The quantitative estimate of drug-likeness (QED) is 0.752. The molecule has 144 valence electrons. The fourth-order valence-corrected chi connectivity index (χ4v) is 7.10. The van der Waals surface area contributed by atoms with Gasteiger partial charge in [-0.25, -0.2) is 8.42 Å². The van der Waals surface area contributed by atoms with Crippen LogP contribution in [0, 0.1) is 0 Å². The van der Waals surface area contributed by atoms with Crippen LogP contribution in [0.4, 0.5) is 0 Å². The lowest BCUT2D eigenvalue weighted by Gasteiger charge is -2.39. The van der Waals surface area contributed by atoms with E-state index >= 15 is 0 Å². The third-order valence-electron chi connectivity index (χ3n) is 5.85. The number of aryl methyl sites for hydroxylation is 1. The van der Waals surface area contributed by atoms with E-state index in [1.54, 1.807) is 21.4 Å². The number of sulfonamides is 1. The number of rotatable bonds is 4. The summed E-state index contributed by atoms with van der Waals surface area (Å²) in [7, 11) is -1.47. The van der Waals surface area contributed by atoms with E-state index < -0.39 is 20.9 Å². The number of fused-ring (bicyclic) bond motifs is 1. The highest BCUT2D eigenvalue weighted by atomic mass is 32.2. The summed E-state index contributed by atoms with van der Waals surface area (Å²) in [6, 6.07) is 3.72. The van der Waals surface area contributed by atoms with Crippen molar-refractivity contribution >= 4 is 10.0 Å². The molecule has 3 aliphatic rings. The Morgan fingerprint density at radius 3 is 2.78 bits per heavy atom. The van der Waals surface area contributed by atoms with Crippen LogP contribution in [0.3, 0.4) is 0 Å². The Labute approximate surface area is 158 Å². The van der Waals surface area contributed by atoms with Gasteiger partial charge in [-0.05, 0) is 24.1 Å². The summed E-state index contributed by atoms with van der Waals surface area (Å²) in [5.74, 6) is 0. The molecular formula is C18H23N5O3S. The van der Waals surface area contributed by atoms with Gasteiger partial charge in [-0.3, -0.25) is 14.6 Å². The molecule has 3 saturated heterocycles.